The molecule has 0 spiro atoms. The fraction of sp³-hybridized carbons (Fsp3) is 0.714. The summed E-state index contributed by atoms with van der Waals surface area (Å²) in [5.74, 6) is 2.35. The molecule has 0 aromatic heterocycles. The minimum Gasteiger partial charge on any atom is -0.496 e. The van der Waals surface area contributed by atoms with Gasteiger partial charge in [0.1, 0.15) is 12.3 Å². The summed E-state index contributed by atoms with van der Waals surface area (Å²) in [6.07, 6.45) is 3.17. The third-order valence-corrected chi connectivity index (χ3v) is 5.85. The minimum absolute atomic E-state index is 0.343. The molecule has 2 atom stereocenters. The largest absolute Gasteiger partial charge is 0.496 e. The Kier molecular flexibility index (Phi) is 6.84. The summed E-state index contributed by atoms with van der Waals surface area (Å²) in [6, 6.07) is 4.67. The van der Waals surface area contributed by atoms with Gasteiger partial charge in [-0.3, -0.25) is 4.90 Å². The Morgan fingerprint density at radius 2 is 1.48 bits per heavy atom. The average Bonchev–Trinajstić information content (AvgIpc) is 2.67. The molecule has 2 fully saturated rings. The first kappa shape index (κ1) is 20.2. The number of benzene rings is 1. The van der Waals surface area contributed by atoms with E-state index in [0.717, 1.165) is 31.1 Å². The Balaban J connectivity index is 1.60. The maximum Gasteiger partial charge on any atom is 0.164 e. The molecule has 152 valence electrons. The number of hydrogen-bond donors (Lipinski definition) is 1. The number of quaternary nitrogens is 1. The second kappa shape index (κ2) is 9.13. The molecule has 0 amide bonds. The summed E-state index contributed by atoms with van der Waals surface area (Å²) < 4.78 is 22.4. The summed E-state index contributed by atoms with van der Waals surface area (Å²) in [5, 5.41) is 0. The molecule has 0 bridgehead atoms. The number of nitrogens with zero attached hydrogens (tertiary/aromatic N) is 1. The summed E-state index contributed by atoms with van der Waals surface area (Å²) in [5.41, 5.74) is 1.18. The van der Waals surface area contributed by atoms with E-state index < -0.39 is 0 Å². The van der Waals surface area contributed by atoms with Crippen molar-refractivity contribution in [2.75, 3.05) is 47.5 Å². The number of methoxy groups -OCH3 is 3. The maximum atomic E-state index is 5.89. The van der Waals surface area contributed by atoms with Crippen molar-refractivity contribution >= 4 is 0 Å². The van der Waals surface area contributed by atoms with Crippen molar-refractivity contribution in [2.45, 2.75) is 51.5 Å². The van der Waals surface area contributed by atoms with E-state index in [-0.39, 0.29) is 0 Å². The molecule has 6 nitrogen and oxygen atoms in total. The zero-order valence-corrected chi connectivity index (χ0v) is 17.4. The molecule has 1 aromatic rings. The molecular formula is C21H35N2O4+. The highest BCUT2D eigenvalue weighted by atomic mass is 16.5. The van der Waals surface area contributed by atoms with Crippen LogP contribution in [0.15, 0.2) is 12.1 Å². The molecule has 3 rings (SSSR count). The molecule has 0 aliphatic carbocycles. The standard InChI is InChI=1S/C21H34N2O4/c1-15-12-23(13-16(2)27-15)18-6-8-22(9-7-18)14-17-10-20(25-4)21(26-5)11-19(17)24-3/h10-11,15-16,18H,6-9,12-14H2,1-5H3/p+1/t15-,16+. The summed E-state index contributed by atoms with van der Waals surface area (Å²) in [4.78, 5) is 4.25. The van der Waals surface area contributed by atoms with Crippen LogP contribution < -0.4 is 19.1 Å². The highest BCUT2D eigenvalue weighted by molar-refractivity contribution is 5.50. The molecule has 2 saturated heterocycles. The SMILES string of the molecule is COc1cc(OC)c(OC)cc1C[NH+]1CCC(N2C[C@@H](C)O[C@@H](C)C2)CC1. The van der Waals surface area contributed by atoms with Crippen molar-refractivity contribution in [1.82, 2.24) is 4.90 Å². The van der Waals surface area contributed by atoms with E-state index in [1.807, 2.05) is 6.07 Å². The smallest absolute Gasteiger partial charge is 0.164 e. The first-order valence-electron chi connectivity index (χ1n) is 10.1. The number of hydrogen-bond acceptors (Lipinski definition) is 5. The molecule has 2 aliphatic heterocycles. The van der Waals surface area contributed by atoms with Gasteiger partial charge in [0.05, 0.1) is 52.2 Å². The second-order valence-electron chi connectivity index (χ2n) is 7.89. The third kappa shape index (κ3) is 4.86. The van der Waals surface area contributed by atoms with Crippen molar-refractivity contribution in [3.8, 4) is 17.2 Å². The van der Waals surface area contributed by atoms with Crippen molar-refractivity contribution in [1.29, 1.82) is 0 Å². The van der Waals surface area contributed by atoms with Gasteiger partial charge in [0.25, 0.3) is 0 Å². The normalized spacial score (nSPS) is 29.4. The van der Waals surface area contributed by atoms with E-state index in [1.165, 1.54) is 31.5 Å². The van der Waals surface area contributed by atoms with Crippen molar-refractivity contribution < 1.29 is 23.8 Å². The van der Waals surface area contributed by atoms with Crippen molar-refractivity contribution in [2.24, 2.45) is 0 Å². The fourth-order valence-corrected chi connectivity index (χ4v) is 4.57. The first-order chi connectivity index (χ1) is 13.0. The lowest BCUT2D eigenvalue weighted by Gasteiger charge is -2.42. The lowest BCUT2D eigenvalue weighted by Crippen LogP contribution is -3.12. The van der Waals surface area contributed by atoms with Gasteiger partial charge in [-0.2, -0.15) is 0 Å². The van der Waals surface area contributed by atoms with E-state index in [1.54, 1.807) is 26.2 Å². The summed E-state index contributed by atoms with van der Waals surface area (Å²) in [6.45, 7) is 9.82. The van der Waals surface area contributed by atoms with E-state index in [9.17, 15) is 0 Å². The van der Waals surface area contributed by atoms with Gasteiger partial charge in [-0.1, -0.05) is 0 Å². The predicted molar refractivity (Wildman–Crippen MR) is 105 cm³/mol. The number of ether oxygens (including phenoxy) is 4. The van der Waals surface area contributed by atoms with Gasteiger partial charge in [-0.05, 0) is 19.9 Å². The Morgan fingerprint density at radius 1 is 0.926 bits per heavy atom. The number of morpholine rings is 1. The molecule has 0 saturated carbocycles. The molecule has 0 unspecified atom stereocenters. The minimum atomic E-state index is 0.343. The Morgan fingerprint density at radius 3 is 2.04 bits per heavy atom. The van der Waals surface area contributed by atoms with Crippen LogP contribution >= 0.6 is 0 Å². The molecular weight excluding hydrogens is 344 g/mol. The number of nitrogens with one attached hydrogen (secondary N) is 1. The molecule has 0 radical (unpaired) electrons. The van der Waals surface area contributed by atoms with Crippen molar-refractivity contribution in [3.05, 3.63) is 17.7 Å². The number of likely N-dealkylation sites (tertiary alicyclic amines) is 1. The van der Waals surface area contributed by atoms with Crippen LogP contribution in [0.4, 0.5) is 0 Å². The molecule has 2 heterocycles. The van der Waals surface area contributed by atoms with Gasteiger partial charge >= 0.3 is 0 Å². The van der Waals surface area contributed by atoms with Crippen LogP contribution in [-0.4, -0.2) is 70.7 Å². The predicted octanol–water partition coefficient (Wildman–Crippen LogP) is 1.37. The third-order valence-electron chi connectivity index (χ3n) is 5.85. The quantitative estimate of drug-likeness (QED) is 0.809. The van der Waals surface area contributed by atoms with Gasteiger partial charge in [0.2, 0.25) is 0 Å². The highest BCUT2D eigenvalue weighted by Crippen LogP contribution is 2.34. The Labute approximate surface area is 163 Å². The molecule has 27 heavy (non-hydrogen) atoms. The lowest BCUT2D eigenvalue weighted by atomic mass is 10.0. The van der Waals surface area contributed by atoms with Crippen LogP contribution in [0.3, 0.4) is 0 Å². The fourth-order valence-electron chi connectivity index (χ4n) is 4.57. The van der Waals surface area contributed by atoms with Gasteiger partial charge in [0, 0.05) is 38.0 Å². The van der Waals surface area contributed by atoms with E-state index in [0.29, 0.717) is 24.0 Å². The average molecular weight is 380 g/mol. The van der Waals surface area contributed by atoms with Crippen LogP contribution in [0.25, 0.3) is 0 Å². The molecule has 2 aliphatic rings. The van der Waals surface area contributed by atoms with Crippen LogP contribution in [0, 0.1) is 0 Å². The summed E-state index contributed by atoms with van der Waals surface area (Å²) >= 11 is 0. The second-order valence-corrected chi connectivity index (χ2v) is 7.89. The topological polar surface area (TPSA) is 44.6 Å². The Hall–Kier alpha value is -1.50. The Bertz CT molecular complexity index is 606. The summed E-state index contributed by atoms with van der Waals surface area (Å²) in [7, 11) is 5.05. The molecule has 6 heteroatoms. The van der Waals surface area contributed by atoms with Gasteiger partial charge in [0.15, 0.2) is 11.5 Å². The first-order valence-corrected chi connectivity index (χ1v) is 10.1. The van der Waals surface area contributed by atoms with Crippen LogP contribution in [0.1, 0.15) is 32.3 Å². The van der Waals surface area contributed by atoms with Gasteiger partial charge < -0.3 is 23.8 Å². The van der Waals surface area contributed by atoms with E-state index >= 15 is 0 Å². The van der Waals surface area contributed by atoms with Gasteiger partial charge in [-0.15, -0.1) is 0 Å². The van der Waals surface area contributed by atoms with E-state index in [2.05, 4.69) is 24.8 Å². The maximum absolute atomic E-state index is 5.89. The van der Waals surface area contributed by atoms with E-state index in [4.69, 9.17) is 18.9 Å². The zero-order chi connectivity index (χ0) is 19.4. The zero-order valence-electron chi connectivity index (χ0n) is 17.4. The highest BCUT2D eigenvalue weighted by Gasteiger charge is 2.32. The van der Waals surface area contributed by atoms with Crippen LogP contribution in [-0.2, 0) is 11.3 Å². The molecule has 1 aromatic carbocycles. The molecule has 1 N–H and O–H groups in total. The number of piperidine rings is 1. The van der Waals surface area contributed by atoms with Crippen molar-refractivity contribution in [3.63, 3.8) is 0 Å². The lowest BCUT2D eigenvalue weighted by molar-refractivity contribution is -0.919. The van der Waals surface area contributed by atoms with Gasteiger partial charge in [-0.25, -0.2) is 0 Å². The van der Waals surface area contributed by atoms with Crippen LogP contribution in [0.5, 0.6) is 17.2 Å². The number of rotatable bonds is 6. The van der Waals surface area contributed by atoms with Crippen LogP contribution in [0.2, 0.25) is 0 Å². The monoisotopic (exact) mass is 379 g/mol.